The number of para-hydroxylation sites is 2. The van der Waals surface area contributed by atoms with Gasteiger partial charge in [0.2, 0.25) is 5.13 Å². The van der Waals surface area contributed by atoms with Crippen LogP contribution in [0.5, 0.6) is 0 Å². The van der Waals surface area contributed by atoms with Gasteiger partial charge in [-0.05, 0) is 37.1 Å². The van der Waals surface area contributed by atoms with Gasteiger partial charge in [-0.15, -0.1) is 10.2 Å². The number of fused-ring (bicyclic) bond motifs is 3. The maximum absolute atomic E-state index is 9.69. The van der Waals surface area contributed by atoms with Crippen LogP contribution in [0.2, 0.25) is 0 Å². The van der Waals surface area contributed by atoms with Crippen molar-refractivity contribution in [1.82, 2.24) is 19.6 Å². The first kappa shape index (κ1) is 17.9. The largest absolute Gasteiger partial charge is 0.354 e. The molecule has 4 heterocycles. The van der Waals surface area contributed by atoms with Gasteiger partial charge in [-0.3, -0.25) is 4.40 Å². The molecule has 0 unspecified atom stereocenters. The normalized spacial score (nSPS) is 14.7. The van der Waals surface area contributed by atoms with E-state index in [9.17, 15) is 5.26 Å². The van der Waals surface area contributed by atoms with E-state index in [2.05, 4.69) is 49.5 Å². The standard InChI is InChI=1S/C21H21N7S/c1-3-18-24-25-21(29-18)27-10-8-26(9-11-27)19-12-14(2)15(13-22)20-23-16-6-4-5-7-17(16)28(19)20/h4-7,12H,3,8-11H2,1-2H3. The predicted molar refractivity (Wildman–Crippen MR) is 116 cm³/mol. The van der Waals surface area contributed by atoms with Crippen LogP contribution in [-0.4, -0.2) is 45.8 Å². The second kappa shape index (κ2) is 7.01. The van der Waals surface area contributed by atoms with E-state index >= 15 is 0 Å². The molecule has 5 rings (SSSR count). The summed E-state index contributed by atoms with van der Waals surface area (Å²) in [6.45, 7) is 7.65. The van der Waals surface area contributed by atoms with Gasteiger partial charge >= 0.3 is 0 Å². The Kier molecular flexibility index (Phi) is 4.32. The zero-order valence-corrected chi connectivity index (χ0v) is 17.3. The van der Waals surface area contributed by atoms with Gasteiger partial charge in [0.1, 0.15) is 16.9 Å². The van der Waals surface area contributed by atoms with Crippen LogP contribution in [0.3, 0.4) is 0 Å². The number of piperazine rings is 1. The number of pyridine rings is 1. The molecule has 1 aliphatic rings. The molecule has 29 heavy (non-hydrogen) atoms. The van der Waals surface area contributed by atoms with E-state index in [-0.39, 0.29) is 0 Å². The second-order valence-electron chi connectivity index (χ2n) is 7.24. The first-order chi connectivity index (χ1) is 14.2. The number of nitrogens with zero attached hydrogens (tertiary/aromatic N) is 7. The van der Waals surface area contributed by atoms with Crippen molar-refractivity contribution in [3.8, 4) is 6.07 Å². The first-order valence-corrected chi connectivity index (χ1v) is 10.6. The van der Waals surface area contributed by atoms with E-state index in [0.717, 1.165) is 70.8 Å². The maximum Gasteiger partial charge on any atom is 0.208 e. The van der Waals surface area contributed by atoms with Crippen molar-refractivity contribution in [2.75, 3.05) is 36.0 Å². The predicted octanol–water partition coefficient (Wildman–Crippen LogP) is 3.41. The van der Waals surface area contributed by atoms with E-state index in [4.69, 9.17) is 4.98 Å². The summed E-state index contributed by atoms with van der Waals surface area (Å²) < 4.78 is 2.14. The van der Waals surface area contributed by atoms with Crippen LogP contribution in [0, 0.1) is 18.3 Å². The number of hydrogen-bond donors (Lipinski definition) is 0. The molecule has 1 aliphatic heterocycles. The zero-order valence-electron chi connectivity index (χ0n) is 16.5. The lowest BCUT2D eigenvalue weighted by Gasteiger charge is -2.36. The summed E-state index contributed by atoms with van der Waals surface area (Å²) in [5, 5.41) is 20.4. The smallest absolute Gasteiger partial charge is 0.208 e. The third-order valence-corrected chi connectivity index (χ3v) is 6.63. The molecule has 0 radical (unpaired) electrons. The molecule has 1 aromatic carbocycles. The van der Waals surface area contributed by atoms with Crippen LogP contribution in [0.1, 0.15) is 23.1 Å². The fourth-order valence-corrected chi connectivity index (χ4v) is 4.78. The molecule has 0 spiro atoms. The molecule has 1 fully saturated rings. The van der Waals surface area contributed by atoms with Crippen molar-refractivity contribution in [2.24, 2.45) is 0 Å². The minimum Gasteiger partial charge on any atom is -0.354 e. The van der Waals surface area contributed by atoms with Crippen molar-refractivity contribution in [1.29, 1.82) is 5.26 Å². The van der Waals surface area contributed by atoms with Gasteiger partial charge in [-0.2, -0.15) is 5.26 Å². The van der Waals surface area contributed by atoms with Crippen LogP contribution in [0.15, 0.2) is 30.3 Å². The molecule has 0 atom stereocenters. The summed E-state index contributed by atoms with van der Waals surface area (Å²) >= 11 is 1.68. The summed E-state index contributed by atoms with van der Waals surface area (Å²) in [4.78, 5) is 9.46. The quantitative estimate of drug-likeness (QED) is 0.522. The first-order valence-electron chi connectivity index (χ1n) is 9.82. The van der Waals surface area contributed by atoms with Crippen LogP contribution in [0.25, 0.3) is 16.7 Å². The van der Waals surface area contributed by atoms with E-state index in [1.165, 1.54) is 0 Å². The average molecular weight is 404 g/mol. The number of aromatic nitrogens is 4. The Morgan fingerprint density at radius 2 is 1.86 bits per heavy atom. The fraction of sp³-hybridized carbons (Fsp3) is 0.333. The average Bonchev–Trinajstić information content (AvgIpc) is 3.38. The molecule has 0 N–H and O–H groups in total. The second-order valence-corrected chi connectivity index (χ2v) is 8.28. The Labute approximate surface area is 172 Å². The van der Waals surface area contributed by atoms with Gasteiger partial charge in [-0.25, -0.2) is 4.98 Å². The lowest BCUT2D eigenvalue weighted by Crippen LogP contribution is -2.47. The lowest BCUT2D eigenvalue weighted by atomic mass is 10.1. The number of nitriles is 1. The van der Waals surface area contributed by atoms with Crippen LogP contribution < -0.4 is 9.80 Å². The Morgan fingerprint density at radius 3 is 2.59 bits per heavy atom. The van der Waals surface area contributed by atoms with Gasteiger partial charge in [-0.1, -0.05) is 30.4 Å². The Hall–Kier alpha value is -3.18. The summed E-state index contributed by atoms with van der Waals surface area (Å²) in [6, 6.07) is 12.5. The van der Waals surface area contributed by atoms with E-state index in [0.29, 0.717) is 5.56 Å². The Morgan fingerprint density at radius 1 is 1.10 bits per heavy atom. The molecular weight excluding hydrogens is 382 g/mol. The number of imidazole rings is 1. The maximum atomic E-state index is 9.69. The molecule has 146 valence electrons. The number of hydrogen-bond acceptors (Lipinski definition) is 7. The summed E-state index contributed by atoms with van der Waals surface area (Å²) in [5.41, 5.74) is 4.29. The number of benzene rings is 1. The highest BCUT2D eigenvalue weighted by molar-refractivity contribution is 7.15. The summed E-state index contributed by atoms with van der Waals surface area (Å²) in [6.07, 6.45) is 0.924. The van der Waals surface area contributed by atoms with Crippen LogP contribution >= 0.6 is 11.3 Å². The number of anilines is 2. The van der Waals surface area contributed by atoms with E-state index < -0.39 is 0 Å². The molecule has 3 aromatic heterocycles. The Bertz CT molecular complexity index is 1240. The van der Waals surface area contributed by atoms with E-state index in [1.54, 1.807) is 11.3 Å². The summed E-state index contributed by atoms with van der Waals surface area (Å²) in [5.74, 6) is 1.09. The molecule has 0 saturated carbocycles. The van der Waals surface area contributed by atoms with Crippen molar-refractivity contribution >= 4 is 39.0 Å². The van der Waals surface area contributed by atoms with Crippen LogP contribution in [-0.2, 0) is 6.42 Å². The molecule has 0 aliphatic carbocycles. The fourth-order valence-electron chi connectivity index (χ4n) is 3.95. The van der Waals surface area contributed by atoms with Crippen molar-refractivity contribution in [2.45, 2.75) is 20.3 Å². The van der Waals surface area contributed by atoms with E-state index in [1.807, 2.05) is 25.1 Å². The highest BCUT2D eigenvalue weighted by Crippen LogP contribution is 2.30. The number of aryl methyl sites for hydroxylation is 2. The van der Waals surface area contributed by atoms with Crippen molar-refractivity contribution in [3.63, 3.8) is 0 Å². The zero-order chi connectivity index (χ0) is 20.0. The minimum absolute atomic E-state index is 0.643. The molecule has 1 saturated heterocycles. The molecule has 7 nitrogen and oxygen atoms in total. The number of rotatable bonds is 3. The van der Waals surface area contributed by atoms with Crippen molar-refractivity contribution in [3.05, 3.63) is 46.5 Å². The molecule has 0 bridgehead atoms. The molecule has 8 heteroatoms. The summed E-state index contributed by atoms with van der Waals surface area (Å²) in [7, 11) is 0. The van der Waals surface area contributed by atoms with Gasteiger partial charge in [0, 0.05) is 26.2 Å². The Balaban J connectivity index is 1.53. The topological polar surface area (TPSA) is 73.3 Å². The lowest BCUT2D eigenvalue weighted by molar-refractivity contribution is 0.641. The SMILES string of the molecule is CCc1nnc(N2CCN(c3cc(C)c(C#N)c4nc5ccccc5n34)CC2)s1. The highest BCUT2D eigenvalue weighted by atomic mass is 32.1. The highest BCUT2D eigenvalue weighted by Gasteiger charge is 2.24. The van der Waals surface area contributed by atoms with Crippen molar-refractivity contribution < 1.29 is 0 Å². The van der Waals surface area contributed by atoms with Gasteiger partial charge in [0.05, 0.1) is 16.6 Å². The monoisotopic (exact) mass is 403 g/mol. The molecular formula is C21H21N7S. The van der Waals surface area contributed by atoms with Crippen LogP contribution in [0.4, 0.5) is 10.9 Å². The van der Waals surface area contributed by atoms with Gasteiger partial charge in [0.25, 0.3) is 0 Å². The molecule has 0 amide bonds. The van der Waals surface area contributed by atoms with Gasteiger partial charge in [0.15, 0.2) is 5.65 Å². The molecule has 4 aromatic rings. The third-order valence-electron chi connectivity index (χ3n) is 5.50. The third kappa shape index (κ3) is 2.89. The minimum atomic E-state index is 0.643. The van der Waals surface area contributed by atoms with Gasteiger partial charge < -0.3 is 9.80 Å².